The van der Waals surface area contributed by atoms with Crippen LogP contribution in [0.1, 0.15) is 16.8 Å². The van der Waals surface area contributed by atoms with Gasteiger partial charge in [0.2, 0.25) is 5.95 Å². The number of nitrogens with zero attached hydrogens (tertiary/aromatic N) is 3. The Hall–Kier alpha value is -2.06. The van der Waals surface area contributed by atoms with Crippen molar-refractivity contribution in [2.45, 2.75) is 20.0 Å². The molecule has 9 heteroatoms. The van der Waals surface area contributed by atoms with E-state index in [1.54, 1.807) is 12.1 Å². The Bertz CT molecular complexity index is 754. The van der Waals surface area contributed by atoms with Crippen molar-refractivity contribution in [1.82, 2.24) is 14.9 Å². The van der Waals surface area contributed by atoms with E-state index in [1.807, 2.05) is 32.8 Å². The summed E-state index contributed by atoms with van der Waals surface area (Å²) < 4.78 is 39.5. The van der Waals surface area contributed by atoms with Crippen LogP contribution in [0.15, 0.2) is 18.2 Å². The highest BCUT2D eigenvalue weighted by atomic mass is 35.5. The number of halogens is 4. The Kier molecular flexibility index (Phi) is 6.30. The highest BCUT2D eigenvalue weighted by Crippen LogP contribution is 2.32. The summed E-state index contributed by atoms with van der Waals surface area (Å²) in [5.74, 6) is -0.0124. The standard InChI is InChI=1S/C17H21ClF3N5/c1-10-7-12(18)8-11(2)15(10)24-14-9-13(17(19,20)21)23-16(25-14)22-5-6-26(3)4/h7-9H,5-6H2,1-4H3,(H2,22,23,24,25). The number of nitrogens with one attached hydrogen (secondary N) is 2. The van der Waals surface area contributed by atoms with Crippen LogP contribution in [0, 0.1) is 13.8 Å². The van der Waals surface area contributed by atoms with Gasteiger partial charge >= 0.3 is 6.18 Å². The average molecular weight is 388 g/mol. The number of aromatic nitrogens is 2. The molecule has 0 radical (unpaired) electrons. The van der Waals surface area contributed by atoms with E-state index >= 15 is 0 Å². The minimum Gasteiger partial charge on any atom is -0.353 e. The molecule has 1 aromatic carbocycles. The number of benzene rings is 1. The van der Waals surface area contributed by atoms with Gasteiger partial charge in [0.05, 0.1) is 0 Å². The van der Waals surface area contributed by atoms with Gasteiger partial charge in [-0.25, -0.2) is 4.98 Å². The van der Waals surface area contributed by atoms with Crippen LogP contribution in [0.5, 0.6) is 0 Å². The van der Waals surface area contributed by atoms with Crippen LogP contribution in [-0.2, 0) is 6.18 Å². The lowest BCUT2D eigenvalue weighted by molar-refractivity contribution is -0.141. The zero-order valence-corrected chi connectivity index (χ0v) is 15.8. The quantitative estimate of drug-likeness (QED) is 0.765. The summed E-state index contributed by atoms with van der Waals surface area (Å²) in [6.07, 6.45) is -4.57. The first kappa shape index (κ1) is 20.3. The predicted octanol–water partition coefficient (Wildman–Crippen LogP) is 4.48. The number of hydrogen-bond acceptors (Lipinski definition) is 5. The molecule has 0 aliphatic carbocycles. The molecule has 0 bridgehead atoms. The van der Waals surface area contributed by atoms with E-state index in [0.29, 0.717) is 23.8 Å². The van der Waals surface area contributed by atoms with Crippen molar-refractivity contribution in [2.24, 2.45) is 0 Å². The van der Waals surface area contributed by atoms with Gasteiger partial charge in [0, 0.05) is 29.9 Å². The van der Waals surface area contributed by atoms with E-state index in [-0.39, 0.29) is 11.8 Å². The molecule has 0 saturated heterocycles. The maximum atomic E-state index is 13.2. The molecule has 0 fully saturated rings. The van der Waals surface area contributed by atoms with E-state index in [1.165, 1.54) is 0 Å². The van der Waals surface area contributed by atoms with E-state index < -0.39 is 11.9 Å². The number of alkyl halides is 3. The third-order valence-electron chi connectivity index (χ3n) is 3.61. The Labute approximate surface area is 155 Å². The summed E-state index contributed by atoms with van der Waals surface area (Å²) in [7, 11) is 3.74. The van der Waals surface area contributed by atoms with Crippen LogP contribution < -0.4 is 10.6 Å². The highest BCUT2D eigenvalue weighted by Gasteiger charge is 2.33. The first-order chi connectivity index (χ1) is 12.1. The van der Waals surface area contributed by atoms with Crippen molar-refractivity contribution in [3.63, 3.8) is 0 Å². The zero-order valence-electron chi connectivity index (χ0n) is 15.0. The lowest BCUT2D eigenvalue weighted by Crippen LogP contribution is -2.22. The Balaban J connectivity index is 2.35. The van der Waals surface area contributed by atoms with Crippen LogP contribution >= 0.6 is 11.6 Å². The van der Waals surface area contributed by atoms with Crippen molar-refractivity contribution in [3.8, 4) is 0 Å². The van der Waals surface area contributed by atoms with Gasteiger partial charge in [-0.15, -0.1) is 0 Å². The van der Waals surface area contributed by atoms with E-state index in [4.69, 9.17) is 11.6 Å². The van der Waals surface area contributed by atoms with Gasteiger partial charge in [0.25, 0.3) is 0 Å². The molecule has 1 aromatic heterocycles. The molecule has 1 heterocycles. The van der Waals surface area contributed by atoms with Crippen LogP contribution in [0.2, 0.25) is 5.02 Å². The molecule has 0 aliphatic rings. The lowest BCUT2D eigenvalue weighted by Gasteiger charge is -2.16. The molecule has 2 aromatic rings. The molecular formula is C17H21ClF3N5. The fraction of sp³-hybridized carbons (Fsp3) is 0.412. The van der Waals surface area contributed by atoms with Crippen molar-refractivity contribution < 1.29 is 13.2 Å². The number of aryl methyl sites for hydroxylation is 2. The van der Waals surface area contributed by atoms with Gasteiger partial charge in [-0.2, -0.15) is 18.2 Å². The SMILES string of the molecule is Cc1cc(Cl)cc(C)c1Nc1cc(C(F)(F)F)nc(NCCN(C)C)n1. The fourth-order valence-electron chi connectivity index (χ4n) is 2.36. The summed E-state index contributed by atoms with van der Waals surface area (Å²) >= 11 is 6.00. The summed E-state index contributed by atoms with van der Waals surface area (Å²) in [4.78, 5) is 9.64. The molecule has 2 rings (SSSR count). The van der Waals surface area contributed by atoms with Crippen molar-refractivity contribution in [1.29, 1.82) is 0 Å². The summed E-state index contributed by atoms with van der Waals surface area (Å²) in [5.41, 5.74) is 1.28. The predicted molar refractivity (Wildman–Crippen MR) is 98.3 cm³/mol. The zero-order chi connectivity index (χ0) is 19.5. The molecule has 142 valence electrons. The molecule has 0 spiro atoms. The van der Waals surface area contributed by atoms with E-state index in [0.717, 1.165) is 17.2 Å². The number of likely N-dealkylation sites (N-methyl/N-ethyl adjacent to an activating group) is 1. The summed E-state index contributed by atoms with van der Waals surface area (Å²) in [6.45, 7) is 4.71. The van der Waals surface area contributed by atoms with Gasteiger partial charge in [-0.1, -0.05) is 11.6 Å². The van der Waals surface area contributed by atoms with Gasteiger partial charge in [0.1, 0.15) is 5.82 Å². The van der Waals surface area contributed by atoms with E-state index in [9.17, 15) is 13.2 Å². The smallest absolute Gasteiger partial charge is 0.353 e. The minimum atomic E-state index is -4.57. The van der Waals surface area contributed by atoms with Gasteiger partial charge in [-0.05, 0) is 51.2 Å². The molecule has 0 aliphatic heterocycles. The minimum absolute atomic E-state index is 0.0631. The van der Waals surface area contributed by atoms with Crippen LogP contribution in [0.25, 0.3) is 0 Å². The molecule has 2 N–H and O–H groups in total. The fourth-order valence-corrected chi connectivity index (χ4v) is 2.69. The first-order valence-corrected chi connectivity index (χ1v) is 8.32. The monoisotopic (exact) mass is 387 g/mol. The topological polar surface area (TPSA) is 53.1 Å². The third kappa shape index (κ3) is 5.47. The number of rotatable bonds is 6. The third-order valence-corrected chi connectivity index (χ3v) is 3.83. The summed E-state index contributed by atoms with van der Waals surface area (Å²) in [5, 5.41) is 6.35. The maximum absolute atomic E-state index is 13.2. The Morgan fingerprint density at radius 2 is 1.69 bits per heavy atom. The second-order valence-electron chi connectivity index (χ2n) is 6.23. The highest BCUT2D eigenvalue weighted by molar-refractivity contribution is 6.30. The largest absolute Gasteiger partial charge is 0.433 e. The second-order valence-corrected chi connectivity index (χ2v) is 6.67. The van der Waals surface area contributed by atoms with E-state index in [2.05, 4.69) is 20.6 Å². The average Bonchev–Trinajstić information content (AvgIpc) is 2.49. The van der Waals surface area contributed by atoms with Crippen molar-refractivity contribution >= 4 is 29.1 Å². The lowest BCUT2D eigenvalue weighted by atomic mass is 10.1. The number of hydrogen-bond donors (Lipinski definition) is 2. The first-order valence-electron chi connectivity index (χ1n) is 7.95. The summed E-state index contributed by atoms with van der Waals surface area (Å²) in [6, 6.07) is 4.36. The molecule has 0 atom stereocenters. The van der Waals surface area contributed by atoms with Crippen LogP contribution in [-0.4, -0.2) is 42.1 Å². The van der Waals surface area contributed by atoms with Crippen LogP contribution in [0.3, 0.4) is 0 Å². The van der Waals surface area contributed by atoms with Crippen molar-refractivity contribution in [2.75, 3.05) is 37.8 Å². The molecule has 0 saturated carbocycles. The number of anilines is 3. The molecular weight excluding hydrogens is 367 g/mol. The van der Waals surface area contributed by atoms with Gasteiger partial charge < -0.3 is 15.5 Å². The van der Waals surface area contributed by atoms with Crippen molar-refractivity contribution in [3.05, 3.63) is 40.0 Å². The maximum Gasteiger partial charge on any atom is 0.433 e. The second kappa shape index (κ2) is 8.09. The Morgan fingerprint density at radius 3 is 2.23 bits per heavy atom. The molecule has 0 amide bonds. The van der Waals surface area contributed by atoms with Crippen LogP contribution in [0.4, 0.5) is 30.6 Å². The molecule has 5 nitrogen and oxygen atoms in total. The van der Waals surface area contributed by atoms with Gasteiger partial charge in [-0.3, -0.25) is 0 Å². The normalized spacial score (nSPS) is 11.7. The molecule has 26 heavy (non-hydrogen) atoms. The molecule has 0 unspecified atom stereocenters. The van der Waals surface area contributed by atoms with Gasteiger partial charge in [0.15, 0.2) is 5.69 Å². The Morgan fingerprint density at radius 1 is 1.08 bits per heavy atom.